The van der Waals surface area contributed by atoms with Crippen molar-refractivity contribution < 1.29 is 9.53 Å². The topological polar surface area (TPSA) is 44.8 Å². The number of carbonyl (C=O) groups is 1. The highest BCUT2D eigenvalue weighted by Gasteiger charge is 2.35. The molecule has 0 bridgehead atoms. The van der Waals surface area contributed by atoms with Gasteiger partial charge in [-0.3, -0.25) is 4.90 Å². The third-order valence-corrected chi connectivity index (χ3v) is 6.38. The number of hydrogen-bond donors (Lipinski definition) is 1. The molecule has 0 aromatic heterocycles. The predicted molar refractivity (Wildman–Crippen MR) is 131 cm³/mol. The number of aryl methyl sites for hydroxylation is 2. The van der Waals surface area contributed by atoms with E-state index in [1.807, 2.05) is 20.8 Å². The van der Waals surface area contributed by atoms with Crippen LogP contribution in [-0.4, -0.2) is 48.8 Å². The number of amides is 1. The number of anilines is 1. The van der Waals surface area contributed by atoms with Crippen LogP contribution in [0.15, 0.2) is 48.5 Å². The highest BCUT2D eigenvalue weighted by Crippen LogP contribution is 2.34. The molecule has 1 fully saturated rings. The fourth-order valence-corrected chi connectivity index (χ4v) is 4.62. The van der Waals surface area contributed by atoms with E-state index in [9.17, 15) is 4.79 Å². The van der Waals surface area contributed by atoms with Gasteiger partial charge in [-0.05, 0) is 69.0 Å². The van der Waals surface area contributed by atoms with Crippen LogP contribution in [-0.2, 0) is 4.74 Å². The minimum absolute atomic E-state index is 0.0926. The van der Waals surface area contributed by atoms with Crippen LogP contribution < -0.4 is 10.2 Å². The third kappa shape index (κ3) is 4.99. The van der Waals surface area contributed by atoms with E-state index in [2.05, 4.69) is 83.6 Å². The van der Waals surface area contributed by atoms with Crippen molar-refractivity contribution >= 4 is 17.9 Å². The van der Waals surface area contributed by atoms with Crippen molar-refractivity contribution in [3.8, 4) is 0 Å². The molecule has 2 aliphatic rings. The quantitative estimate of drug-likeness (QED) is 0.733. The summed E-state index contributed by atoms with van der Waals surface area (Å²) in [6.45, 7) is 13.8. The number of benzene rings is 2. The molecule has 0 unspecified atom stereocenters. The van der Waals surface area contributed by atoms with Crippen LogP contribution in [0.3, 0.4) is 0 Å². The summed E-state index contributed by atoms with van der Waals surface area (Å²) in [5.74, 6) is 0. The number of carbonyl (C=O) groups excluding carboxylic acids is 1. The average Bonchev–Trinajstić information content (AvgIpc) is 2.75. The largest absolute Gasteiger partial charge is 0.444 e. The monoisotopic (exact) mass is 433 g/mol. The van der Waals surface area contributed by atoms with E-state index < -0.39 is 5.60 Å². The van der Waals surface area contributed by atoms with Crippen molar-refractivity contribution in [2.75, 3.05) is 31.1 Å². The van der Waals surface area contributed by atoms with E-state index >= 15 is 0 Å². The van der Waals surface area contributed by atoms with Gasteiger partial charge in [0.1, 0.15) is 5.60 Å². The van der Waals surface area contributed by atoms with Crippen LogP contribution in [0.1, 0.15) is 49.1 Å². The van der Waals surface area contributed by atoms with Gasteiger partial charge in [-0.15, -0.1) is 0 Å². The van der Waals surface area contributed by atoms with Crippen molar-refractivity contribution in [2.45, 2.75) is 52.3 Å². The molecule has 170 valence electrons. The van der Waals surface area contributed by atoms with Gasteiger partial charge in [0.25, 0.3) is 0 Å². The Morgan fingerprint density at radius 1 is 1.00 bits per heavy atom. The molecule has 5 nitrogen and oxygen atoms in total. The number of rotatable bonds is 3. The predicted octanol–water partition coefficient (Wildman–Crippen LogP) is 5.09. The second-order valence-electron chi connectivity index (χ2n) is 9.90. The summed E-state index contributed by atoms with van der Waals surface area (Å²) < 4.78 is 5.62. The maximum absolute atomic E-state index is 12.8. The summed E-state index contributed by atoms with van der Waals surface area (Å²) in [6.07, 6.45) is 4.09. The van der Waals surface area contributed by atoms with Gasteiger partial charge >= 0.3 is 6.09 Å². The SMILES string of the molecule is Cc1cc2c(cc1C)[C@H](NC(=O)OC(C)(C)C)[C@@H](N1CCN(c3ccccc3)CC1)C=C2. The van der Waals surface area contributed by atoms with Crippen LogP contribution in [0.5, 0.6) is 0 Å². The van der Waals surface area contributed by atoms with Crippen LogP contribution in [0, 0.1) is 13.8 Å². The number of piperazine rings is 1. The van der Waals surface area contributed by atoms with Crippen molar-refractivity contribution in [3.63, 3.8) is 0 Å². The highest BCUT2D eigenvalue weighted by atomic mass is 16.6. The van der Waals surface area contributed by atoms with Crippen LogP contribution in [0.2, 0.25) is 0 Å². The van der Waals surface area contributed by atoms with Gasteiger partial charge in [0.15, 0.2) is 0 Å². The van der Waals surface area contributed by atoms with Crippen molar-refractivity contribution in [2.24, 2.45) is 0 Å². The second kappa shape index (κ2) is 8.99. The molecule has 0 spiro atoms. The molecule has 5 heteroatoms. The molecule has 1 amide bonds. The van der Waals surface area contributed by atoms with E-state index in [-0.39, 0.29) is 18.2 Å². The molecule has 1 N–H and O–H groups in total. The molecule has 1 aliphatic heterocycles. The van der Waals surface area contributed by atoms with Crippen LogP contribution in [0.25, 0.3) is 6.08 Å². The molecule has 4 rings (SSSR count). The number of fused-ring (bicyclic) bond motifs is 1. The zero-order valence-electron chi connectivity index (χ0n) is 19.9. The summed E-state index contributed by atoms with van der Waals surface area (Å²) in [5.41, 5.74) is 5.58. The van der Waals surface area contributed by atoms with E-state index in [4.69, 9.17) is 4.74 Å². The lowest BCUT2D eigenvalue weighted by molar-refractivity contribution is 0.0470. The summed E-state index contributed by atoms with van der Waals surface area (Å²) >= 11 is 0. The Labute approximate surface area is 192 Å². The molecule has 2 aromatic rings. The second-order valence-corrected chi connectivity index (χ2v) is 9.90. The van der Waals surface area contributed by atoms with E-state index in [0.717, 1.165) is 31.7 Å². The molecular weight excluding hydrogens is 398 g/mol. The summed E-state index contributed by atoms with van der Waals surface area (Å²) in [6, 6.07) is 15.0. The lowest BCUT2D eigenvalue weighted by atomic mass is 9.85. The molecule has 0 saturated carbocycles. The lowest BCUT2D eigenvalue weighted by Crippen LogP contribution is -2.54. The smallest absolute Gasteiger partial charge is 0.408 e. The van der Waals surface area contributed by atoms with Gasteiger partial charge < -0.3 is 15.0 Å². The fourth-order valence-electron chi connectivity index (χ4n) is 4.62. The molecule has 0 radical (unpaired) electrons. The molecule has 1 saturated heterocycles. The Bertz CT molecular complexity index is 986. The standard InChI is InChI=1S/C27H35N3O2/c1-19-17-21-11-12-24(30-15-13-29(14-16-30)22-9-7-6-8-10-22)25(23(21)18-20(19)2)28-26(31)32-27(3,4)5/h6-12,17-18,24-25H,13-16H2,1-5H3,(H,28,31)/t24-,25-/m0/s1. The highest BCUT2D eigenvalue weighted by molar-refractivity contribution is 5.71. The maximum Gasteiger partial charge on any atom is 0.408 e. The van der Waals surface area contributed by atoms with Crippen molar-refractivity contribution in [3.05, 3.63) is 70.8 Å². The number of hydrogen-bond acceptors (Lipinski definition) is 4. The summed E-state index contributed by atoms with van der Waals surface area (Å²) in [7, 11) is 0. The van der Waals surface area contributed by atoms with Crippen molar-refractivity contribution in [1.29, 1.82) is 0 Å². The van der Waals surface area contributed by atoms with Gasteiger partial charge in [-0.25, -0.2) is 4.79 Å². The summed E-state index contributed by atoms with van der Waals surface area (Å²) in [4.78, 5) is 17.7. The number of alkyl carbamates (subject to hydrolysis) is 1. The number of nitrogens with zero attached hydrogens (tertiary/aromatic N) is 2. The van der Waals surface area contributed by atoms with Gasteiger partial charge in [0.05, 0.1) is 12.1 Å². The number of para-hydroxylation sites is 1. The first kappa shape index (κ1) is 22.4. The molecule has 1 aliphatic carbocycles. The molecule has 2 aromatic carbocycles. The van der Waals surface area contributed by atoms with E-state index in [1.165, 1.54) is 22.4 Å². The molecular formula is C27H35N3O2. The van der Waals surface area contributed by atoms with E-state index in [1.54, 1.807) is 0 Å². The first-order chi connectivity index (χ1) is 15.2. The van der Waals surface area contributed by atoms with Crippen LogP contribution >= 0.6 is 0 Å². The molecule has 32 heavy (non-hydrogen) atoms. The van der Waals surface area contributed by atoms with Crippen LogP contribution in [0.4, 0.5) is 10.5 Å². The minimum atomic E-state index is -0.530. The maximum atomic E-state index is 12.8. The lowest BCUT2D eigenvalue weighted by Gasteiger charge is -2.43. The Morgan fingerprint density at radius 3 is 2.31 bits per heavy atom. The Morgan fingerprint density at radius 2 is 1.66 bits per heavy atom. The third-order valence-electron chi connectivity index (χ3n) is 6.38. The number of ether oxygens (including phenoxy) is 1. The molecule has 2 atom stereocenters. The summed E-state index contributed by atoms with van der Waals surface area (Å²) in [5, 5.41) is 3.20. The zero-order chi connectivity index (χ0) is 22.9. The fraction of sp³-hybridized carbons (Fsp3) is 0.444. The zero-order valence-corrected chi connectivity index (χ0v) is 19.9. The van der Waals surface area contributed by atoms with Gasteiger partial charge in [0.2, 0.25) is 0 Å². The van der Waals surface area contributed by atoms with E-state index in [0.29, 0.717) is 0 Å². The Kier molecular flexibility index (Phi) is 6.29. The average molecular weight is 434 g/mol. The normalized spacial score (nSPS) is 21.2. The van der Waals surface area contributed by atoms with Crippen molar-refractivity contribution in [1.82, 2.24) is 10.2 Å². The minimum Gasteiger partial charge on any atom is -0.444 e. The van der Waals surface area contributed by atoms with Gasteiger partial charge in [-0.1, -0.05) is 42.5 Å². The Hall–Kier alpha value is -2.79. The van der Waals surface area contributed by atoms with Gasteiger partial charge in [0, 0.05) is 31.9 Å². The first-order valence-corrected chi connectivity index (χ1v) is 11.5. The molecule has 1 heterocycles. The first-order valence-electron chi connectivity index (χ1n) is 11.5. The Balaban J connectivity index is 1.56. The number of nitrogens with one attached hydrogen (secondary N) is 1. The van der Waals surface area contributed by atoms with Gasteiger partial charge in [-0.2, -0.15) is 0 Å².